The van der Waals surface area contributed by atoms with Crippen molar-refractivity contribution in [3.8, 4) is 0 Å². The van der Waals surface area contributed by atoms with Gasteiger partial charge in [0, 0.05) is 5.69 Å². The lowest BCUT2D eigenvalue weighted by Crippen LogP contribution is -2.66. The van der Waals surface area contributed by atoms with E-state index in [1.165, 1.54) is 10.4 Å². The first kappa shape index (κ1) is 30.1. The molecule has 1 aliphatic rings. The van der Waals surface area contributed by atoms with E-state index in [4.69, 9.17) is 4.43 Å². The molecule has 0 aliphatic carbocycles. The summed E-state index contributed by atoms with van der Waals surface area (Å²) in [5.74, 6) is -1.33. The maximum Gasteiger partial charge on any atom is 0.262 e. The Bertz CT molecular complexity index is 1620. The van der Waals surface area contributed by atoms with Crippen molar-refractivity contribution in [2.75, 3.05) is 11.9 Å². The number of carbonyl (C=O) groups is 3. The molecule has 0 aromatic heterocycles. The van der Waals surface area contributed by atoms with Crippen LogP contribution in [0.1, 0.15) is 63.7 Å². The number of rotatable bonds is 8. The Morgan fingerprint density at radius 2 is 1.26 bits per heavy atom. The first-order chi connectivity index (χ1) is 20.5. The second kappa shape index (κ2) is 11.7. The van der Waals surface area contributed by atoms with Crippen LogP contribution in [0.4, 0.5) is 5.69 Å². The predicted octanol–water partition coefficient (Wildman–Crippen LogP) is 5.92. The summed E-state index contributed by atoms with van der Waals surface area (Å²) in [6.45, 7) is 12.8. The number of hydrogen-bond acceptors (Lipinski definition) is 4. The molecule has 0 atom stereocenters. The third kappa shape index (κ3) is 5.46. The molecule has 0 fully saturated rings. The van der Waals surface area contributed by atoms with Crippen LogP contribution in [0.3, 0.4) is 0 Å². The van der Waals surface area contributed by atoms with Gasteiger partial charge in [0.2, 0.25) is 5.91 Å². The van der Waals surface area contributed by atoms with Crippen molar-refractivity contribution >= 4 is 42.1 Å². The number of hydrogen-bond donors (Lipinski definition) is 1. The molecule has 4 aromatic rings. The largest absolute Gasteiger partial charge is 0.403 e. The van der Waals surface area contributed by atoms with Gasteiger partial charge in [-0.05, 0) is 70.6 Å². The zero-order valence-electron chi connectivity index (χ0n) is 25.7. The molecular weight excluding hydrogens is 552 g/mol. The number of nitrogens with zero attached hydrogens (tertiary/aromatic N) is 1. The third-order valence-corrected chi connectivity index (χ3v) is 13.4. The Hall–Kier alpha value is -4.33. The second-order valence-electron chi connectivity index (χ2n) is 12.2. The number of fused-ring (bicyclic) bond motifs is 1. The fourth-order valence-corrected chi connectivity index (χ4v) is 10.8. The summed E-state index contributed by atoms with van der Waals surface area (Å²) in [6, 6.07) is 29.7. The Morgan fingerprint density at radius 3 is 1.74 bits per heavy atom. The van der Waals surface area contributed by atoms with E-state index in [2.05, 4.69) is 87.6 Å². The van der Waals surface area contributed by atoms with Crippen molar-refractivity contribution in [3.05, 3.63) is 124 Å². The lowest BCUT2D eigenvalue weighted by atomic mass is 9.97. The quantitative estimate of drug-likeness (QED) is 0.204. The average molecular weight is 591 g/mol. The average Bonchev–Trinajstić information content (AvgIpc) is 3.22. The van der Waals surface area contributed by atoms with Gasteiger partial charge in [-0.1, -0.05) is 99.6 Å². The summed E-state index contributed by atoms with van der Waals surface area (Å²) in [7, 11) is -2.78. The van der Waals surface area contributed by atoms with Crippen LogP contribution >= 0.6 is 0 Å². The van der Waals surface area contributed by atoms with Gasteiger partial charge in [-0.25, -0.2) is 0 Å². The van der Waals surface area contributed by atoms with Gasteiger partial charge < -0.3 is 9.74 Å². The van der Waals surface area contributed by atoms with Crippen molar-refractivity contribution < 1.29 is 18.8 Å². The van der Waals surface area contributed by atoms with Gasteiger partial charge in [0.1, 0.15) is 6.54 Å². The summed E-state index contributed by atoms with van der Waals surface area (Å²) >= 11 is 0. The van der Waals surface area contributed by atoms with E-state index in [0.717, 1.165) is 27.2 Å². The fourth-order valence-electron chi connectivity index (χ4n) is 6.29. The third-order valence-electron chi connectivity index (χ3n) is 8.43. The van der Waals surface area contributed by atoms with E-state index in [1.54, 1.807) is 24.3 Å². The number of benzene rings is 4. The number of aryl methyl sites for hydroxylation is 2. The van der Waals surface area contributed by atoms with Gasteiger partial charge in [-0.2, -0.15) is 0 Å². The highest BCUT2D eigenvalue weighted by atomic mass is 28.4. The number of anilines is 1. The monoisotopic (exact) mass is 590 g/mol. The smallest absolute Gasteiger partial charge is 0.262 e. The molecule has 1 heterocycles. The van der Waals surface area contributed by atoms with Gasteiger partial charge in [0.15, 0.2) is 0 Å². The summed E-state index contributed by atoms with van der Waals surface area (Å²) in [5.41, 5.74) is 5.22. The zero-order chi connectivity index (χ0) is 30.9. The zero-order valence-corrected chi connectivity index (χ0v) is 26.7. The number of amides is 3. The summed E-state index contributed by atoms with van der Waals surface area (Å²) in [6.07, 6.45) is 0. The van der Waals surface area contributed by atoms with Gasteiger partial charge in [-0.15, -0.1) is 0 Å². The van der Waals surface area contributed by atoms with E-state index in [0.29, 0.717) is 23.4 Å². The van der Waals surface area contributed by atoms with Crippen molar-refractivity contribution in [1.82, 2.24) is 4.90 Å². The second-order valence-corrected chi connectivity index (χ2v) is 16.5. The first-order valence-electron chi connectivity index (χ1n) is 14.6. The van der Waals surface area contributed by atoms with Crippen LogP contribution in [-0.4, -0.2) is 37.5 Å². The fraction of sp³-hybridized carbons (Fsp3) is 0.250. The highest BCUT2D eigenvalue weighted by Gasteiger charge is 2.50. The normalized spacial score (nSPS) is 13.3. The molecule has 0 spiro atoms. The Kier molecular flexibility index (Phi) is 8.23. The molecule has 5 rings (SSSR count). The minimum absolute atomic E-state index is 0.175. The van der Waals surface area contributed by atoms with E-state index in [-0.39, 0.29) is 11.6 Å². The molecule has 0 unspecified atom stereocenters. The molecule has 6 nitrogen and oxygen atoms in total. The molecule has 1 aliphatic heterocycles. The highest BCUT2D eigenvalue weighted by molar-refractivity contribution is 6.99. The van der Waals surface area contributed by atoms with Crippen LogP contribution in [0, 0.1) is 20.8 Å². The lowest BCUT2D eigenvalue weighted by molar-refractivity contribution is -0.116. The summed E-state index contributed by atoms with van der Waals surface area (Å²) < 4.78 is 7.21. The van der Waals surface area contributed by atoms with Gasteiger partial charge >= 0.3 is 0 Å². The SMILES string of the molecule is Cc1cc(C)c(NC(=O)CN2C(=O)c3ccccc3C2=O)c(C)c1CO[Si](c1ccccc1)(c1ccccc1)C(C)(C)C. The molecule has 3 amide bonds. The summed E-state index contributed by atoms with van der Waals surface area (Å²) in [4.78, 5) is 39.9. The first-order valence-corrected chi connectivity index (χ1v) is 16.5. The van der Waals surface area contributed by atoms with Crippen molar-refractivity contribution in [2.24, 2.45) is 0 Å². The van der Waals surface area contributed by atoms with Crippen LogP contribution < -0.4 is 15.7 Å². The standard InChI is InChI=1S/C36H38N2O4Si/c1-24-21-25(2)33(37-32(39)22-38-34(40)29-19-13-14-20-30(29)35(38)41)26(3)31(24)23-42-43(36(4,5)6,27-15-9-7-10-16-27)28-17-11-8-12-18-28/h7-21H,22-23H2,1-6H3,(H,37,39). The van der Waals surface area contributed by atoms with Crippen LogP contribution in [0.2, 0.25) is 5.04 Å². The van der Waals surface area contributed by atoms with E-state index in [9.17, 15) is 14.4 Å². The minimum atomic E-state index is -2.78. The maximum atomic E-state index is 13.2. The van der Waals surface area contributed by atoms with Crippen molar-refractivity contribution in [3.63, 3.8) is 0 Å². The van der Waals surface area contributed by atoms with Crippen molar-refractivity contribution in [1.29, 1.82) is 0 Å². The molecule has 1 N–H and O–H groups in total. The van der Waals surface area contributed by atoms with E-state index < -0.39 is 26.0 Å². The van der Waals surface area contributed by atoms with Gasteiger partial charge in [0.25, 0.3) is 20.1 Å². The molecule has 43 heavy (non-hydrogen) atoms. The molecule has 0 radical (unpaired) electrons. The molecule has 4 aromatic carbocycles. The van der Waals surface area contributed by atoms with Gasteiger partial charge in [-0.3, -0.25) is 19.3 Å². The Labute approximate surface area is 254 Å². The molecule has 0 saturated heterocycles. The molecular formula is C36H38N2O4Si. The van der Waals surface area contributed by atoms with E-state index in [1.807, 2.05) is 26.0 Å². The lowest BCUT2D eigenvalue weighted by Gasteiger charge is -2.43. The number of carbonyl (C=O) groups excluding carboxylic acids is 3. The topological polar surface area (TPSA) is 75.7 Å². The summed E-state index contributed by atoms with van der Waals surface area (Å²) in [5, 5.41) is 5.23. The van der Waals surface area contributed by atoms with Gasteiger partial charge in [0.05, 0.1) is 17.7 Å². The molecule has 220 valence electrons. The Balaban J connectivity index is 1.45. The van der Waals surface area contributed by atoms with Crippen molar-refractivity contribution in [2.45, 2.75) is 53.2 Å². The van der Waals surface area contributed by atoms with Crippen LogP contribution in [0.25, 0.3) is 0 Å². The predicted molar refractivity (Wildman–Crippen MR) is 174 cm³/mol. The van der Waals surface area contributed by atoms with E-state index >= 15 is 0 Å². The van der Waals surface area contributed by atoms with Crippen LogP contribution in [0.5, 0.6) is 0 Å². The maximum absolute atomic E-state index is 13.2. The van der Waals surface area contributed by atoms with Crippen LogP contribution in [-0.2, 0) is 15.8 Å². The number of nitrogens with one attached hydrogen (secondary N) is 1. The van der Waals surface area contributed by atoms with Crippen LogP contribution in [0.15, 0.2) is 91.0 Å². The highest BCUT2D eigenvalue weighted by Crippen LogP contribution is 2.38. The minimum Gasteiger partial charge on any atom is -0.403 e. The number of imide groups is 1. The molecule has 7 heteroatoms. The Morgan fingerprint density at radius 1 is 0.767 bits per heavy atom. The molecule has 0 bridgehead atoms. The molecule has 0 saturated carbocycles.